The second-order valence-corrected chi connectivity index (χ2v) is 14.5. The van der Waals surface area contributed by atoms with Gasteiger partial charge in [-0.1, -0.05) is 115 Å². The first-order valence-corrected chi connectivity index (χ1v) is 14.9. The van der Waals surface area contributed by atoms with Gasteiger partial charge < -0.3 is 4.90 Å². The van der Waals surface area contributed by atoms with E-state index >= 15 is 0 Å². The van der Waals surface area contributed by atoms with Crippen molar-refractivity contribution in [1.82, 2.24) is 0 Å². The molecule has 0 saturated heterocycles. The molecule has 0 fully saturated rings. The second kappa shape index (κ2) is 8.59. The molecule has 0 radical (unpaired) electrons. The van der Waals surface area contributed by atoms with Crippen LogP contribution in [0.25, 0.3) is 11.1 Å². The number of hydrogen-bond acceptors (Lipinski definition) is 1. The summed E-state index contributed by atoms with van der Waals surface area (Å²) in [6.45, 7) is 24.7. The number of aryl methyl sites for hydroxylation is 2. The molecule has 206 valence electrons. The number of rotatable bonds is 4. The van der Waals surface area contributed by atoms with Gasteiger partial charge in [0.1, 0.15) is 0 Å². The van der Waals surface area contributed by atoms with E-state index in [9.17, 15) is 0 Å². The maximum Gasteiger partial charge on any atom is 0.0488 e. The Bertz CT molecular complexity index is 1570. The fourth-order valence-corrected chi connectivity index (χ4v) is 7.48. The van der Waals surface area contributed by atoms with Crippen LogP contribution in [0.1, 0.15) is 94.3 Å². The van der Waals surface area contributed by atoms with Crippen molar-refractivity contribution in [1.29, 1.82) is 0 Å². The first-order valence-electron chi connectivity index (χ1n) is 14.9. The molecule has 0 bridgehead atoms. The van der Waals surface area contributed by atoms with Gasteiger partial charge in [0.05, 0.1) is 0 Å². The van der Waals surface area contributed by atoms with Crippen molar-refractivity contribution < 1.29 is 0 Å². The molecule has 0 N–H and O–H groups in total. The van der Waals surface area contributed by atoms with Gasteiger partial charge in [-0.3, -0.25) is 0 Å². The van der Waals surface area contributed by atoms with E-state index in [1.807, 2.05) is 0 Å². The lowest BCUT2D eigenvalue weighted by atomic mass is 9.59. The van der Waals surface area contributed by atoms with E-state index in [2.05, 4.69) is 153 Å². The maximum atomic E-state index is 2.59. The third kappa shape index (κ3) is 3.59. The third-order valence-electron chi connectivity index (χ3n) is 11.4. The quantitative estimate of drug-likeness (QED) is 0.255. The van der Waals surface area contributed by atoms with E-state index in [1.54, 1.807) is 0 Å². The van der Waals surface area contributed by atoms with Gasteiger partial charge in [-0.05, 0) is 99.4 Å². The summed E-state index contributed by atoms with van der Waals surface area (Å²) in [6.07, 6.45) is 0. The number of benzene rings is 4. The van der Waals surface area contributed by atoms with Gasteiger partial charge >= 0.3 is 0 Å². The molecule has 40 heavy (non-hydrogen) atoms. The Kier molecular flexibility index (Phi) is 5.77. The summed E-state index contributed by atoms with van der Waals surface area (Å²) < 4.78 is 0. The fourth-order valence-electron chi connectivity index (χ4n) is 7.48. The normalized spacial score (nSPS) is 18.6. The zero-order valence-corrected chi connectivity index (χ0v) is 26.2. The first kappa shape index (κ1) is 26.9. The molecule has 0 aromatic heterocycles. The summed E-state index contributed by atoms with van der Waals surface area (Å²) >= 11 is 0. The van der Waals surface area contributed by atoms with Crippen molar-refractivity contribution >= 4 is 11.4 Å². The van der Waals surface area contributed by atoms with Crippen molar-refractivity contribution in [3.8, 4) is 11.1 Å². The average Bonchev–Trinajstić information content (AvgIpc) is 3.19. The Balaban J connectivity index is 1.54. The summed E-state index contributed by atoms with van der Waals surface area (Å²) in [5.74, 6) is 0. The van der Waals surface area contributed by atoms with E-state index in [0.717, 1.165) is 6.54 Å². The van der Waals surface area contributed by atoms with E-state index in [0.29, 0.717) is 0 Å². The van der Waals surface area contributed by atoms with Crippen molar-refractivity contribution in [2.45, 2.75) is 92.0 Å². The maximum absolute atomic E-state index is 2.59. The van der Waals surface area contributed by atoms with Crippen molar-refractivity contribution in [2.75, 3.05) is 4.90 Å². The molecule has 2 aliphatic rings. The first-order chi connectivity index (χ1) is 18.7. The highest BCUT2D eigenvalue weighted by atomic mass is 15.1. The highest BCUT2D eigenvalue weighted by Crippen LogP contribution is 2.64. The summed E-state index contributed by atoms with van der Waals surface area (Å²) in [4.78, 5) is 2.48. The molecular weight excluding hydrogens is 482 g/mol. The second-order valence-electron chi connectivity index (χ2n) is 14.5. The lowest BCUT2D eigenvalue weighted by molar-refractivity contribution is 0.125. The van der Waals surface area contributed by atoms with Gasteiger partial charge in [0.2, 0.25) is 0 Å². The summed E-state index contributed by atoms with van der Waals surface area (Å²) in [6, 6.07) is 30.1. The number of fused-ring (bicyclic) bond motifs is 4. The zero-order chi connectivity index (χ0) is 28.8. The van der Waals surface area contributed by atoms with Crippen molar-refractivity contribution in [2.24, 2.45) is 5.41 Å². The summed E-state index contributed by atoms with van der Waals surface area (Å²) in [5, 5.41) is 0. The lowest BCUT2D eigenvalue weighted by Crippen LogP contribution is -2.42. The largest absolute Gasteiger partial charge is 0.337 e. The Hall–Kier alpha value is -3.32. The Morgan fingerprint density at radius 1 is 0.550 bits per heavy atom. The topological polar surface area (TPSA) is 3.24 Å². The van der Waals surface area contributed by atoms with Crippen LogP contribution < -0.4 is 4.90 Å². The van der Waals surface area contributed by atoms with Gasteiger partial charge in [0.15, 0.2) is 0 Å². The van der Waals surface area contributed by atoms with Crippen LogP contribution >= 0.6 is 0 Å². The highest BCUT2D eigenvalue weighted by molar-refractivity contribution is 5.85. The van der Waals surface area contributed by atoms with Gasteiger partial charge in [-0.25, -0.2) is 0 Å². The minimum atomic E-state index is -0.0405. The van der Waals surface area contributed by atoms with Crippen LogP contribution in [0.4, 0.5) is 11.4 Å². The molecule has 0 spiro atoms. The van der Waals surface area contributed by atoms with Crippen LogP contribution in [-0.2, 0) is 22.8 Å². The van der Waals surface area contributed by atoms with Gasteiger partial charge in [0, 0.05) is 23.3 Å². The molecule has 0 atom stereocenters. The average molecular weight is 528 g/mol. The minimum absolute atomic E-state index is 0.0405. The summed E-state index contributed by atoms with van der Waals surface area (Å²) in [7, 11) is 0. The van der Waals surface area contributed by atoms with E-state index < -0.39 is 0 Å². The lowest BCUT2D eigenvalue weighted by Gasteiger charge is -2.44. The molecule has 0 amide bonds. The summed E-state index contributed by atoms with van der Waals surface area (Å²) in [5.41, 5.74) is 15.6. The number of anilines is 2. The van der Waals surface area contributed by atoms with E-state index in [1.165, 1.54) is 61.4 Å². The predicted octanol–water partition coefficient (Wildman–Crippen LogP) is 10.5. The van der Waals surface area contributed by atoms with E-state index in [4.69, 9.17) is 0 Å². The number of hydrogen-bond donors (Lipinski definition) is 0. The van der Waals surface area contributed by atoms with Crippen molar-refractivity contribution in [3.05, 3.63) is 118 Å². The molecule has 6 rings (SSSR count). The zero-order valence-electron chi connectivity index (χ0n) is 26.2. The molecule has 2 aliphatic carbocycles. The van der Waals surface area contributed by atoms with Crippen LogP contribution in [0.3, 0.4) is 0 Å². The molecule has 0 saturated carbocycles. The van der Waals surface area contributed by atoms with Gasteiger partial charge in [0.25, 0.3) is 0 Å². The monoisotopic (exact) mass is 527 g/mol. The van der Waals surface area contributed by atoms with Gasteiger partial charge in [-0.2, -0.15) is 0 Å². The molecule has 0 heterocycles. The SMILES string of the molecule is Cc1ccc(N(Cc2cccc3c2-c2cc4c(cc2C3(C)C)C(C)(C)C(C)(C)C4(C)C)c2ccc(C)cc2)cc1. The van der Waals surface area contributed by atoms with Crippen molar-refractivity contribution in [3.63, 3.8) is 0 Å². The molecule has 0 aliphatic heterocycles. The van der Waals surface area contributed by atoms with Crippen LogP contribution in [0.15, 0.2) is 78.9 Å². The van der Waals surface area contributed by atoms with E-state index in [-0.39, 0.29) is 21.7 Å². The van der Waals surface area contributed by atoms with Gasteiger partial charge in [-0.15, -0.1) is 0 Å². The Morgan fingerprint density at radius 2 is 1.05 bits per heavy atom. The Labute approximate surface area is 242 Å². The molecular formula is C39H45N. The minimum Gasteiger partial charge on any atom is -0.337 e. The molecule has 4 aromatic carbocycles. The number of nitrogens with zero attached hydrogens (tertiary/aromatic N) is 1. The van der Waals surface area contributed by atoms with Crippen LogP contribution in [0.5, 0.6) is 0 Å². The molecule has 0 unspecified atom stereocenters. The van der Waals surface area contributed by atoms with Crippen LogP contribution in [-0.4, -0.2) is 0 Å². The van der Waals surface area contributed by atoms with Crippen LogP contribution in [0, 0.1) is 19.3 Å². The standard InChI is InChI=1S/C39H45N/c1-25-14-18-28(19-15-25)40(29-20-16-26(2)17-21-29)24-27-12-11-13-31-35(27)30-22-33-34(23-32(30)36(31,3)4)38(7,8)39(9,10)37(33,5)6/h11-23H,24H2,1-10H3. The Morgan fingerprint density at radius 3 is 1.57 bits per heavy atom. The highest BCUT2D eigenvalue weighted by Gasteiger charge is 2.57. The van der Waals surface area contributed by atoms with Crippen LogP contribution in [0.2, 0.25) is 0 Å². The predicted molar refractivity (Wildman–Crippen MR) is 172 cm³/mol. The smallest absolute Gasteiger partial charge is 0.0488 e. The molecule has 1 heteroatoms. The fraction of sp³-hybridized carbons (Fsp3) is 0.385. The molecule has 4 aromatic rings. The molecule has 1 nitrogen and oxygen atoms in total. The third-order valence-corrected chi connectivity index (χ3v) is 11.4.